The molecule has 0 aliphatic carbocycles. The Balaban J connectivity index is 1.47. The van der Waals surface area contributed by atoms with E-state index in [0.717, 1.165) is 24.8 Å². The third kappa shape index (κ3) is 6.02. The number of amides is 2. The molecule has 0 spiro atoms. The Morgan fingerprint density at radius 3 is 2.55 bits per heavy atom. The summed E-state index contributed by atoms with van der Waals surface area (Å²) in [5.41, 5.74) is 2.35. The molecule has 1 aliphatic rings. The predicted molar refractivity (Wildman–Crippen MR) is 123 cm³/mol. The zero-order valence-electron chi connectivity index (χ0n) is 17.4. The first-order valence-corrected chi connectivity index (χ1v) is 11.1. The fourth-order valence-electron chi connectivity index (χ4n) is 3.59. The van der Waals surface area contributed by atoms with Crippen molar-refractivity contribution in [2.45, 2.75) is 38.6 Å². The summed E-state index contributed by atoms with van der Waals surface area (Å²) in [6.45, 7) is 2.49. The third-order valence-corrected chi connectivity index (χ3v) is 6.23. The Kier molecular flexibility index (Phi) is 7.99. The third-order valence-electron chi connectivity index (χ3n) is 5.49. The van der Waals surface area contributed by atoms with Gasteiger partial charge >= 0.3 is 0 Å². The standard InChI is InChI=1S/C24H26Cl2N2O3/c1-16(9-10-17-6-3-2-4-7-17)28-15-19(22(29)24(28)31)23(30)27-13-5-8-18-11-12-20(25)21(26)14-18/h2-4,6-7,11-12,14,16,29H,5,8-10,13,15H2,1H3,(H,27,30). The Bertz CT molecular complexity index is 976. The molecule has 164 valence electrons. The lowest BCUT2D eigenvalue weighted by molar-refractivity contribution is -0.129. The summed E-state index contributed by atoms with van der Waals surface area (Å²) < 4.78 is 0. The number of aryl methyl sites for hydroxylation is 2. The second kappa shape index (κ2) is 10.7. The highest BCUT2D eigenvalue weighted by Crippen LogP contribution is 2.24. The summed E-state index contributed by atoms with van der Waals surface area (Å²) in [7, 11) is 0. The van der Waals surface area contributed by atoms with E-state index in [2.05, 4.69) is 5.32 Å². The van der Waals surface area contributed by atoms with Gasteiger partial charge < -0.3 is 15.3 Å². The molecule has 2 aromatic rings. The van der Waals surface area contributed by atoms with Crippen LogP contribution in [0, 0.1) is 0 Å². The zero-order valence-corrected chi connectivity index (χ0v) is 18.9. The highest BCUT2D eigenvalue weighted by Gasteiger charge is 2.36. The van der Waals surface area contributed by atoms with Gasteiger partial charge in [-0.05, 0) is 55.9 Å². The molecule has 5 nitrogen and oxygen atoms in total. The number of aliphatic hydroxyl groups is 1. The molecule has 2 aromatic carbocycles. The maximum absolute atomic E-state index is 12.5. The SMILES string of the molecule is CC(CCc1ccccc1)N1CC(C(=O)NCCCc2ccc(Cl)c(Cl)c2)=C(O)C1=O. The van der Waals surface area contributed by atoms with Crippen molar-refractivity contribution in [1.29, 1.82) is 0 Å². The fourth-order valence-corrected chi connectivity index (χ4v) is 3.91. The van der Waals surface area contributed by atoms with E-state index in [1.165, 1.54) is 5.56 Å². The predicted octanol–water partition coefficient (Wildman–Crippen LogP) is 4.72. The molecule has 1 aliphatic heterocycles. The lowest BCUT2D eigenvalue weighted by Crippen LogP contribution is -2.37. The van der Waals surface area contributed by atoms with E-state index in [0.29, 0.717) is 23.0 Å². The smallest absolute Gasteiger partial charge is 0.289 e. The summed E-state index contributed by atoms with van der Waals surface area (Å²) in [5.74, 6) is -1.34. The summed E-state index contributed by atoms with van der Waals surface area (Å²) >= 11 is 11.9. The lowest BCUT2D eigenvalue weighted by Gasteiger charge is -2.24. The molecule has 0 bridgehead atoms. The summed E-state index contributed by atoms with van der Waals surface area (Å²) in [6.07, 6.45) is 3.00. The first-order chi connectivity index (χ1) is 14.9. The van der Waals surface area contributed by atoms with Gasteiger partial charge in [-0.1, -0.05) is 59.6 Å². The van der Waals surface area contributed by atoms with Crippen LogP contribution in [0.4, 0.5) is 0 Å². The number of aliphatic hydroxyl groups excluding tert-OH is 1. The van der Waals surface area contributed by atoms with Gasteiger partial charge in [0.2, 0.25) is 0 Å². The quantitative estimate of drug-likeness (QED) is 0.531. The van der Waals surface area contributed by atoms with E-state index in [4.69, 9.17) is 23.2 Å². The van der Waals surface area contributed by atoms with Crippen LogP contribution >= 0.6 is 23.2 Å². The maximum atomic E-state index is 12.5. The number of carbonyl (C=O) groups excluding carboxylic acids is 2. The fraction of sp³-hybridized carbons (Fsp3) is 0.333. The molecular weight excluding hydrogens is 435 g/mol. The molecule has 0 radical (unpaired) electrons. The average Bonchev–Trinajstić information content (AvgIpc) is 3.07. The van der Waals surface area contributed by atoms with Crippen LogP contribution in [0.15, 0.2) is 59.9 Å². The van der Waals surface area contributed by atoms with Crippen LogP contribution in [0.25, 0.3) is 0 Å². The van der Waals surface area contributed by atoms with Gasteiger partial charge in [0.15, 0.2) is 5.76 Å². The maximum Gasteiger partial charge on any atom is 0.289 e. The van der Waals surface area contributed by atoms with Gasteiger partial charge in [0.25, 0.3) is 11.8 Å². The monoisotopic (exact) mass is 460 g/mol. The van der Waals surface area contributed by atoms with Crippen LogP contribution < -0.4 is 5.32 Å². The van der Waals surface area contributed by atoms with Crippen LogP contribution in [-0.4, -0.2) is 41.0 Å². The molecule has 2 N–H and O–H groups in total. The van der Waals surface area contributed by atoms with E-state index >= 15 is 0 Å². The summed E-state index contributed by atoms with van der Waals surface area (Å²) in [6, 6.07) is 15.4. The first kappa shape index (κ1) is 23.2. The van der Waals surface area contributed by atoms with Crippen LogP contribution in [0.5, 0.6) is 0 Å². The van der Waals surface area contributed by atoms with Crippen LogP contribution in [0.1, 0.15) is 30.9 Å². The number of rotatable bonds is 9. The van der Waals surface area contributed by atoms with Gasteiger partial charge in [0, 0.05) is 12.6 Å². The molecule has 1 unspecified atom stereocenters. The second-order valence-corrected chi connectivity index (χ2v) is 8.56. The Morgan fingerprint density at radius 1 is 1.10 bits per heavy atom. The van der Waals surface area contributed by atoms with Crippen molar-refractivity contribution in [2.24, 2.45) is 0 Å². The number of hydrogen-bond donors (Lipinski definition) is 2. The van der Waals surface area contributed by atoms with Gasteiger partial charge in [-0.3, -0.25) is 9.59 Å². The molecule has 0 aromatic heterocycles. The molecule has 0 saturated heterocycles. The van der Waals surface area contributed by atoms with Gasteiger partial charge in [-0.15, -0.1) is 0 Å². The molecule has 1 atom stereocenters. The lowest BCUT2D eigenvalue weighted by atomic mass is 10.1. The first-order valence-electron chi connectivity index (χ1n) is 10.4. The van der Waals surface area contributed by atoms with Crippen LogP contribution in [0.2, 0.25) is 10.0 Å². The number of carbonyl (C=O) groups is 2. The minimum Gasteiger partial charge on any atom is -0.503 e. The van der Waals surface area contributed by atoms with Crippen molar-refractivity contribution in [1.82, 2.24) is 10.2 Å². The average molecular weight is 461 g/mol. The molecule has 1 heterocycles. The highest BCUT2D eigenvalue weighted by atomic mass is 35.5. The van der Waals surface area contributed by atoms with Crippen molar-refractivity contribution in [2.75, 3.05) is 13.1 Å². The number of nitrogens with zero attached hydrogens (tertiary/aromatic N) is 1. The van der Waals surface area contributed by atoms with Crippen LogP contribution in [0.3, 0.4) is 0 Å². The highest BCUT2D eigenvalue weighted by molar-refractivity contribution is 6.42. The molecule has 2 amide bonds. The van der Waals surface area contributed by atoms with Crippen molar-refractivity contribution >= 4 is 35.0 Å². The molecule has 3 rings (SSSR count). The van der Waals surface area contributed by atoms with E-state index in [9.17, 15) is 14.7 Å². The molecule has 0 fully saturated rings. The largest absolute Gasteiger partial charge is 0.503 e. The summed E-state index contributed by atoms with van der Waals surface area (Å²) in [5, 5.41) is 14.0. The molecule has 7 heteroatoms. The Labute approximate surface area is 192 Å². The van der Waals surface area contributed by atoms with Crippen molar-refractivity contribution in [3.05, 3.63) is 81.0 Å². The number of nitrogens with one attached hydrogen (secondary N) is 1. The van der Waals surface area contributed by atoms with Gasteiger partial charge in [-0.25, -0.2) is 0 Å². The minimum absolute atomic E-state index is 0.0881. The van der Waals surface area contributed by atoms with Gasteiger partial charge in [0.05, 0.1) is 22.2 Å². The number of benzene rings is 2. The van der Waals surface area contributed by atoms with Crippen molar-refractivity contribution < 1.29 is 14.7 Å². The van der Waals surface area contributed by atoms with Gasteiger partial charge in [0.1, 0.15) is 0 Å². The van der Waals surface area contributed by atoms with Crippen molar-refractivity contribution in [3.8, 4) is 0 Å². The topological polar surface area (TPSA) is 69.6 Å². The molecule has 31 heavy (non-hydrogen) atoms. The van der Waals surface area contributed by atoms with Gasteiger partial charge in [-0.2, -0.15) is 0 Å². The van der Waals surface area contributed by atoms with Crippen LogP contribution in [-0.2, 0) is 22.4 Å². The van der Waals surface area contributed by atoms with E-state index in [1.54, 1.807) is 11.0 Å². The molecule has 0 saturated carbocycles. The zero-order chi connectivity index (χ0) is 22.4. The molecular formula is C24H26Cl2N2O3. The van der Waals surface area contributed by atoms with E-state index in [1.807, 2.05) is 49.4 Å². The minimum atomic E-state index is -0.485. The number of halogens is 2. The summed E-state index contributed by atoms with van der Waals surface area (Å²) in [4.78, 5) is 26.5. The second-order valence-electron chi connectivity index (χ2n) is 7.74. The normalized spacial score (nSPS) is 14.8. The Hall–Kier alpha value is -2.50. The van der Waals surface area contributed by atoms with E-state index in [-0.39, 0.29) is 18.2 Å². The van der Waals surface area contributed by atoms with Crippen molar-refractivity contribution in [3.63, 3.8) is 0 Å². The number of hydrogen-bond acceptors (Lipinski definition) is 3. The Morgan fingerprint density at radius 2 is 1.84 bits per heavy atom. The van der Waals surface area contributed by atoms with E-state index < -0.39 is 17.6 Å².